The summed E-state index contributed by atoms with van der Waals surface area (Å²) in [4.78, 5) is 16.5. The Balaban J connectivity index is 1.65. The molecule has 1 heterocycles. The molecule has 0 aliphatic heterocycles. The minimum absolute atomic E-state index is 0.230. The van der Waals surface area contributed by atoms with Gasteiger partial charge in [0.25, 0.3) is 5.91 Å². The summed E-state index contributed by atoms with van der Waals surface area (Å²) in [6.45, 7) is 0.319. The minimum Gasteiger partial charge on any atom is -0.495 e. The van der Waals surface area contributed by atoms with Crippen LogP contribution in [0.15, 0.2) is 60.8 Å². The number of anilines is 2. The van der Waals surface area contributed by atoms with Gasteiger partial charge in [0, 0.05) is 17.1 Å². The molecule has 0 unspecified atom stereocenters. The third-order valence-corrected chi connectivity index (χ3v) is 4.08. The Hall–Kier alpha value is -3.12. The van der Waals surface area contributed by atoms with Crippen LogP contribution in [0.1, 0.15) is 16.1 Å². The molecule has 2 aromatic carbocycles. The van der Waals surface area contributed by atoms with E-state index in [0.717, 1.165) is 0 Å². The molecule has 0 spiro atoms. The van der Waals surface area contributed by atoms with Gasteiger partial charge >= 0.3 is 0 Å². The van der Waals surface area contributed by atoms with Gasteiger partial charge in [0.15, 0.2) is 0 Å². The van der Waals surface area contributed by atoms with Gasteiger partial charge in [-0.3, -0.25) is 4.79 Å². The number of carbonyl (C=O) groups excluding carboxylic acids is 1. The van der Waals surface area contributed by atoms with Crippen LogP contribution in [0, 0.1) is 5.82 Å². The molecule has 0 fully saturated rings. The first-order valence-corrected chi connectivity index (χ1v) is 8.53. The van der Waals surface area contributed by atoms with Crippen LogP contribution in [0.4, 0.5) is 15.8 Å². The Morgan fingerprint density at radius 3 is 2.70 bits per heavy atom. The van der Waals surface area contributed by atoms with E-state index >= 15 is 0 Å². The number of rotatable bonds is 6. The number of halogens is 2. The number of hydrogen-bond donors (Lipinski definition) is 2. The fraction of sp³-hybridized carbons (Fsp3) is 0.100. The van der Waals surface area contributed by atoms with E-state index in [1.54, 1.807) is 48.5 Å². The molecule has 5 nitrogen and oxygen atoms in total. The summed E-state index contributed by atoms with van der Waals surface area (Å²) >= 11 is 5.96. The lowest BCUT2D eigenvalue weighted by molar-refractivity contribution is 0.102. The highest BCUT2D eigenvalue weighted by molar-refractivity contribution is 6.31. The summed E-state index contributed by atoms with van der Waals surface area (Å²) in [6.07, 6.45) is 1.52. The van der Waals surface area contributed by atoms with Crippen LogP contribution in [0.2, 0.25) is 5.02 Å². The van der Waals surface area contributed by atoms with Crippen LogP contribution >= 0.6 is 11.6 Å². The van der Waals surface area contributed by atoms with E-state index in [1.807, 2.05) is 0 Å². The van der Waals surface area contributed by atoms with Crippen molar-refractivity contribution < 1.29 is 13.9 Å². The summed E-state index contributed by atoms with van der Waals surface area (Å²) in [7, 11) is 1.51. The molecule has 0 saturated carbocycles. The minimum atomic E-state index is -0.392. The first-order chi connectivity index (χ1) is 13.1. The number of nitrogens with one attached hydrogen (secondary N) is 2. The molecular formula is C20H17ClFN3O2. The van der Waals surface area contributed by atoms with Gasteiger partial charge in [-0.15, -0.1) is 0 Å². The number of pyridine rings is 1. The third-order valence-electron chi connectivity index (χ3n) is 3.85. The Kier molecular flexibility index (Phi) is 5.88. The molecule has 1 amide bonds. The molecule has 2 N–H and O–H groups in total. The molecule has 3 aromatic rings. The summed E-state index contributed by atoms with van der Waals surface area (Å²) in [5.74, 6) is -0.170. The van der Waals surface area contributed by atoms with Crippen molar-refractivity contribution in [3.63, 3.8) is 0 Å². The van der Waals surface area contributed by atoms with E-state index in [1.165, 1.54) is 19.4 Å². The van der Waals surface area contributed by atoms with Crippen molar-refractivity contribution in [3.05, 3.63) is 82.9 Å². The zero-order chi connectivity index (χ0) is 19.2. The molecule has 138 valence electrons. The van der Waals surface area contributed by atoms with Gasteiger partial charge in [0.05, 0.1) is 24.7 Å². The molecule has 1 aromatic heterocycles. The van der Waals surface area contributed by atoms with E-state index in [-0.39, 0.29) is 11.5 Å². The largest absolute Gasteiger partial charge is 0.495 e. The molecule has 7 heteroatoms. The highest BCUT2D eigenvalue weighted by Crippen LogP contribution is 2.28. The molecular weight excluding hydrogens is 369 g/mol. The molecule has 0 radical (unpaired) electrons. The number of carbonyl (C=O) groups is 1. The second kappa shape index (κ2) is 8.51. The summed E-state index contributed by atoms with van der Waals surface area (Å²) < 4.78 is 18.8. The quantitative estimate of drug-likeness (QED) is 0.643. The number of aromatic nitrogens is 1. The number of nitrogens with zero attached hydrogens (tertiary/aromatic N) is 1. The van der Waals surface area contributed by atoms with E-state index in [9.17, 15) is 9.18 Å². The predicted octanol–water partition coefficient (Wildman–Crippen LogP) is 4.75. The Labute approximate surface area is 161 Å². The Morgan fingerprint density at radius 2 is 2.00 bits per heavy atom. The smallest absolute Gasteiger partial charge is 0.274 e. The first-order valence-electron chi connectivity index (χ1n) is 8.15. The zero-order valence-electron chi connectivity index (χ0n) is 14.5. The number of hydrogen-bond acceptors (Lipinski definition) is 4. The number of benzene rings is 2. The fourth-order valence-electron chi connectivity index (χ4n) is 2.44. The molecule has 0 aliphatic rings. The lowest BCUT2D eigenvalue weighted by Gasteiger charge is -2.11. The van der Waals surface area contributed by atoms with Crippen LogP contribution in [-0.4, -0.2) is 18.0 Å². The van der Waals surface area contributed by atoms with E-state index < -0.39 is 5.91 Å². The van der Waals surface area contributed by atoms with Crippen molar-refractivity contribution in [2.45, 2.75) is 6.54 Å². The van der Waals surface area contributed by atoms with E-state index in [4.69, 9.17) is 16.3 Å². The van der Waals surface area contributed by atoms with Crippen molar-refractivity contribution in [1.82, 2.24) is 4.98 Å². The normalized spacial score (nSPS) is 10.3. The van der Waals surface area contributed by atoms with Crippen LogP contribution in [0.5, 0.6) is 5.75 Å². The standard InChI is InChI=1S/C20H17ClFN3O2/c1-27-19-9-6-14(21)10-18(19)25-20(26)17-8-7-15(12-24-17)23-11-13-4-2-3-5-16(13)22/h2-10,12,23H,11H2,1H3,(H,25,26). The molecule has 0 bridgehead atoms. The average molecular weight is 386 g/mol. The maximum atomic E-state index is 13.6. The van der Waals surface area contributed by atoms with Crippen LogP contribution < -0.4 is 15.4 Å². The van der Waals surface area contributed by atoms with Crippen LogP contribution in [-0.2, 0) is 6.54 Å². The van der Waals surface area contributed by atoms with E-state index in [0.29, 0.717) is 34.3 Å². The molecule has 0 saturated heterocycles. The highest BCUT2D eigenvalue weighted by atomic mass is 35.5. The van der Waals surface area contributed by atoms with E-state index in [2.05, 4.69) is 15.6 Å². The predicted molar refractivity (Wildman–Crippen MR) is 104 cm³/mol. The van der Waals surface area contributed by atoms with Crippen LogP contribution in [0.3, 0.4) is 0 Å². The lowest BCUT2D eigenvalue weighted by atomic mass is 10.2. The summed E-state index contributed by atoms with van der Waals surface area (Å²) in [5.41, 5.74) is 1.91. The number of ether oxygens (including phenoxy) is 1. The highest BCUT2D eigenvalue weighted by Gasteiger charge is 2.12. The maximum Gasteiger partial charge on any atom is 0.274 e. The fourth-order valence-corrected chi connectivity index (χ4v) is 2.61. The van der Waals surface area contributed by atoms with Gasteiger partial charge in [-0.1, -0.05) is 29.8 Å². The monoisotopic (exact) mass is 385 g/mol. The van der Waals surface area contributed by atoms with Gasteiger partial charge in [0.2, 0.25) is 0 Å². The third kappa shape index (κ3) is 4.74. The number of amides is 1. The molecule has 0 atom stereocenters. The van der Waals surface area contributed by atoms with Crippen molar-refractivity contribution in [2.24, 2.45) is 0 Å². The maximum absolute atomic E-state index is 13.6. The zero-order valence-corrected chi connectivity index (χ0v) is 15.3. The second-order valence-electron chi connectivity index (χ2n) is 5.68. The molecule has 0 aliphatic carbocycles. The van der Waals surface area contributed by atoms with Crippen molar-refractivity contribution in [3.8, 4) is 5.75 Å². The second-order valence-corrected chi connectivity index (χ2v) is 6.11. The van der Waals surface area contributed by atoms with Gasteiger partial charge < -0.3 is 15.4 Å². The topological polar surface area (TPSA) is 63.2 Å². The van der Waals surface area contributed by atoms with Crippen molar-refractivity contribution in [2.75, 3.05) is 17.7 Å². The Morgan fingerprint density at radius 1 is 1.19 bits per heavy atom. The Bertz CT molecular complexity index is 948. The number of methoxy groups -OCH3 is 1. The van der Waals surface area contributed by atoms with Crippen LogP contribution in [0.25, 0.3) is 0 Å². The van der Waals surface area contributed by atoms with Gasteiger partial charge in [-0.25, -0.2) is 9.37 Å². The van der Waals surface area contributed by atoms with Gasteiger partial charge in [-0.2, -0.15) is 0 Å². The van der Waals surface area contributed by atoms with Crippen molar-refractivity contribution in [1.29, 1.82) is 0 Å². The lowest BCUT2D eigenvalue weighted by Crippen LogP contribution is -2.14. The summed E-state index contributed by atoms with van der Waals surface area (Å²) in [5, 5.41) is 6.27. The molecule has 27 heavy (non-hydrogen) atoms. The average Bonchev–Trinajstić information content (AvgIpc) is 2.68. The van der Waals surface area contributed by atoms with Crippen molar-refractivity contribution >= 4 is 28.9 Å². The molecule has 3 rings (SSSR count). The van der Waals surface area contributed by atoms with Gasteiger partial charge in [-0.05, 0) is 36.4 Å². The SMILES string of the molecule is COc1ccc(Cl)cc1NC(=O)c1ccc(NCc2ccccc2F)cn1. The van der Waals surface area contributed by atoms with Gasteiger partial charge in [0.1, 0.15) is 17.3 Å². The first kappa shape index (κ1) is 18.7. The summed E-state index contributed by atoms with van der Waals surface area (Å²) in [6, 6.07) is 14.8.